The number of ether oxygens (including phenoxy) is 1. The molecular weight excluding hydrogens is 560 g/mol. The van der Waals surface area contributed by atoms with Gasteiger partial charge in [0, 0.05) is 17.5 Å². The smallest absolute Gasteiger partial charge is 0.257 e. The zero-order chi connectivity index (χ0) is 32.4. The van der Waals surface area contributed by atoms with Crippen molar-refractivity contribution in [2.45, 2.75) is 80.1 Å². The van der Waals surface area contributed by atoms with Gasteiger partial charge in [0.15, 0.2) is 0 Å². The van der Waals surface area contributed by atoms with E-state index in [1.807, 2.05) is 13.8 Å². The number of amidine groups is 1. The number of allylic oxidation sites excluding steroid dienone is 2. The molecule has 1 aliphatic rings. The highest BCUT2D eigenvalue weighted by molar-refractivity contribution is 6.07. The molecule has 0 spiro atoms. The summed E-state index contributed by atoms with van der Waals surface area (Å²) in [4.78, 5) is 22.8. The first-order chi connectivity index (χ1) is 21.1. The van der Waals surface area contributed by atoms with Crippen molar-refractivity contribution < 1.29 is 18.3 Å². The van der Waals surface area contributed by atoms with E-state index in [0.29, 0.717) is 29.4 Å². The maximum atomic E-state index is 16.4. The number of hydrogen-bond acceptors (Lipinski definition) is 6. The lowest BCUT2D eigenvalue weighted by molar-refractivity contribution is 0.102. The highest BCUT2D eigenvalue weighted by atomic mass is 19.1. The Morgan fingerprint density at radius 2 is 1.89 bits per heavy atom. The molecule has 1 aromatic carbocycles. The Morgan fingerprint density at radius 1 is 1.14 bits per heavy atom. The van der Waals surface area contributed by atoms with Crippen LogP contribution in [0, 0.1) is 23.6 Å². The summed E-state index contributed by atoms with van der Waals surface area (Å²) in [5.41, 5.74) is 7.95. The summed E-state index contributed by atoms with van der Waals surface area (Å²) in [6.45, 7) is 16.7. The summed E-state index contributed by atoms with van der Waals surface area (Å²) in [6.07, 6.45) is 7.85. The molecule has 238 valence electrons. The van der Waals surface area contributed by atoms with E-state index in [0.717, 1.165) is 44.4 Å². The number of unbranched alkanes of at least 4 members (excludes halogenated alkanes) is 1. The quantitative estimate of drug-likeness (QED) is 0.197. The number of aromatic nitrogens is 1. The number of benzene rings is 1. The third kappa shape index (κ3) is 8.12. The van der Waals surface area contributed by atoms with Crippen molar-refractivity contribution in [1.82, 2.24) is 9.88 Å². The SMILES string of the molecule is C=C(C(CCCC)C[C@H](C)CC)N1C(F)=CN=C(N)/C1=C(\c1c(F)cc(C(=O)Nc2ccccn2)cc1OCC)C(C)CC. The van der Waals surface area contributed by atoms with Crippen molar-refractivity contribution >= 4 is 23.1 Å². The first kappa shape index (κ1) is 34.5. The Kier molecular flexibility index (Phi) is 12.7. The van der Waals surface area contributed by atoms with Gasteiger partial charge in [0.25, 0.3) is 5.91 Å². The fourth-order valence-corrected chi connectivity index (χ4v) is 5.38. The predicted molar refractivity (Wildman–Crippen MR) is 175 cm³/mol. The second kappa shape index (κ2) is 16.2. The van der Waals surface area contributed by atoms with Crippen LogP contribution in [0.5, 0.6) is 5.75 Å². The van der Waals surface area contributed by atoms with Crippen LogP contribution >= 0.6 is 0 Å². The molecule has 1 aromatic heterocycles. The molecule has 1 amide bonds. The molecule has 2 aromatic rings. The van der Waals surface area contributed by atoms with Crippen LogP contribution < -0.4 is 15.8 Å². The first-order valence-electron chi connectivity index (χ1n) is 15.7. The summed E-state index contributed by atoms with van der Waals surface area (Å²) < 4.78 is 38.3. The minimum absolute atomic E-state index is 0.0167. The molecule has 7 nitrogen and oxygen atoms in total. The van der Waals surface area contributed by atoms with Crippen molar-refractivity contribution in [2.75, 3.05) is 11.9 Å². The van der Waals surface area contributed by atoms with Crippen LogP contribution in [0.15, 0.2) is 71.6 Å². The standard InChI is InChI=1S/C35H47F2N5O2/c1-8-12-15-25(18-22(5)9-2)24(7)42-29(37)21-40-34(38)33(42)31(23(6)10-3)32-27(36)19-26(20-28(32)44-11-4)35(43)41-30-16-13-14-17-39-30/h13-14,16-17,19-23,25H,7-12,15,18H2,1-6H3,(H2,38,40)(H,39,41,43)/b33-31+/t22-,23?,25?/m1/s1. The zero-order valence-electron chi connectivity index (χ0n) is 26.9. The molecule has 3 rings (SSSR count). The average molecular weight is 608 g/mol. The number of rotatable bonds is 15. The molecule has 9 heteroatoms. The average Bonchev–Trinajstić information content (AvgIpc) is 3.01. The van der Waals surface area contributed by atoms with Crippen molar-refractivity contribution in [3.63, 3.8) is 0 Å². The van der Waals surface area contributed by atoms with Gasteiger partial charge in [0.2, 0.25) is 5.95 Å². The number of hydrogen-bond donors (Lipinski definition) is 2. The number of nitrogens with zero attached hydrogens (tertiary/aromatic N) is 3. The highest BCUT2D eigenvalue weighted by Gasteiger charge is 2.35. The zero-order valence-corrected chi connectivity index (χ0v) is 26.9. The number of amides is 1. The van der Waals surface area contributed by atoms with Gasteiger partial charge >= 0.3 is 0 Å². The molecule has 3 atom stereocenters. The lowest BCUT2D eigenvalue weighted by Gasteiger charge is -2.37. The van der Waals surface area contributed by atoms with Crippen LogP contribution in [-0.2, 0) is 0 Å². The van der Waals surface area contributed by atoms with E-state index in [4.69, 9.17) is 10.5 Å². The fourth-order valence-electron chi connectivity index (χ4n) is 5.38. The van der Waals surface area contributed by atoms with Crippen LogP contribution in [0.4, 0.5) is 14.6 Å². The molecule has 0 saturated heterocycles. The molecule has 44 heavy (non-hydrogen) atoms. The van der Waals surface area contributed by atoms with Crippen LogP contribution in [0.2, 0.25) is 0 Å². The van der Waals surface area contributed by atoms with Gasteiger partial charge in [-0.25, -0.2) is 14.4 Å². The third-order valence-corrected chi connectivity index (χ3v) is 8.19. The number of anilines is 1. The molecule has 3 N–H and O–H groups in total. The third-order valence-electron chi connectivity index (χ3n) is 8.19. The molecule has 0 bridgehead atoms. The topological polar surface area (TPSA) is 92.8 Å². The summed E-state index contributed by atoms with van der Waals surface area (Å²) in [6, 6.07) is 7.77. The Morgan fingerprint density at radius 3 is 2.50 bits per heavy atom. The Balaban J connectivity index is 2.24. The first-order valence-corrected chi connectivity index (χ1v) is 15.7. The number of carbonyl (C=O) groups is 1. The molecule has 0 fully saturated rings. The summed E-state index contributed by atoms with van der Waals surface area (Å²) in [7, 11) is 0. The van der Waals surface area contributed by atoms with Crippen molar-refractivity contribution in [1.29, 1.82) is 0 Å². The van der Waals surface area contributed by atoms with Gasteiger partial charge in [-0.15, -0.1) is 0 Å². The van der Waals surface area contributed by atoms with E-state index < -0.39 is 17.7 Å². The molecule has 2 heterocycles. The molecule has 1 aliphatic heterocycles. The van der Waals surface area contributed by atoms with Crippen molar-refractivity contribution in [3.05, 3.63) is 83.6 Å². The van der Waals surface area contributed by atoms with Crippen LogP contribution in [0.1, 0.15) is 96.0 Å². The van der Waals surface area contributed by atoms with Gasteiger partial charge in [-0.3, -0.25) is 9.69 Å². The van der Waals surface area contributed by atoms with Crippen LogP contribution in [0.3, 0.4) is 0 Å². The van der Waals surface area contributed by atoms with Crippen LogP contribution in [0.25, 0.3) is 5.57 Å². The van der Waals surface area contributed by atoms with Gasteiger partial charge in [0.05, 0.1) is 24.1 Å². The van der Waals surface area contributed by atoms with Crippen molar-refractivity contribution in [2.24, 2.45) is 28.5 Å². The van der Waals surface area contributed by atoms with Gasteiger partial charge in [-0.05, 0) is 73.8 Å². The van der Waals surface area contributed by atoms with E-state index >= 15 is 8.78 Å². The number of aliphatic imine (C=N–C) groups is 1. The van der Waals surface area contributed by atoms with E-state index in [-0.39, 0.29) is 46.9 Å². The number of pyridine rings is 1. The Labute approximate surface area is 261 Å². The highest BCUT2D eigenvalue weighted by Crippen LogP contribution is 2.43. The lowest BCUT2D eigenvalue weighted by Crippen LogP contribution is -2.36. The number of carbonyl (C=O) groups excluding carboxylic acids is 1. The second-order valence-electron chi connectivity index (χ2n) is 11.4. The monoisotopic (exact) mass is 607 g/mol. The van der Waals surface area contributed by atoms with E-state index in [1.54, 1.807) is 31.3 Å². The second-order valence-corrected chi connectivity index (χ2v) is 11.4. The minimum Gasteiger partial charge on any atom is -0.493 e. The molecule has 0 radical (unpaired) electrons. The summed E-state index contributed by atoms with van der Waals surface area (Å²) >= 11 is 0. The van der Waals surface area contributed by atoms with Gasteiger partial charge in [-0.2, -0.15) is 4.39 Å². The maximum absolute atomic E-state index is 16.4. The van der Waals surface area contributed by atoms with Gasteiger partial charge in [-0.1, -0.05) is 66.5 Å². The number of halogens is 2. The Hall–Kier alpha value is -4.01. The van der Waals surface area contributed by atoms with E-state index in [9.17, 15) is 4.79 Å². The van der Waals surface area contributed by atoms with E-state index in [1.165, 1.54) is 11.0 Å². The van der Waals surface area contributed by atoms with Crippen LogP contribution in [-0.4, -0.2) is 28.2 Å². The van der Waals surface area contributed by atoms with Gasteiger partial charge in [0.1, 0.15) is 23.2 Å². The number of nitrogens with one attached hydrogen (secondary N) is 1. The number of nitrogens with two attached hydrogens (primary N) is 1. The Bertz CT molecular complexity index is 1400. The van der Waals surface area contributed by atoms with Gasteiger partial charge < -0.3 is 15.8 Å². The summed E-state index contributed by atoms with van der Waals surface area (Å²) in [5, 5.41) is 2.68. The normalized spacial score (nSPS) is 16.4. The molecule has 0 aliphatic carbocycles. The van der Waals surface area contributed by atoms with Crippen molar-refractivity contribution in [3.8, 4) is 5.75 Å². The molecule has 0 saturated carbocycles. The fraction of sp³-hybridized carbons (Fsp3) is 0.457. The molecule has 2 unspecified atom stereocenters. The largest absolute Gasteiger partial charge is 0.493 e. The maximum Gasteiger partial charge on any atom is 0.257 e. The lowest BCUT2D eigenvalue weighted by atomic mass is 9.85. The summed E-state index contributed by atoms with van der Waals surface area (Å²) in [5.74, 6) is -1.22. The molecular formula is C35H47F2N5O2. The van der Waals surface area contributed by atoms with E-state index in [2.05, 4.69) is 42.6 Å². The predicted octanol–water partition coefficient (Wildman–Crippen LogP) is 8.83. The minimum atomic E-state index is -0.694.